The molecule has 0 N–H and O–H groups in total. The van der Waals surface area contributed by atoms with Crippen LogP contribution in [0.3, 0.4) is 0 Å². The molecule has 0 bridgehead atoms. The Morgan fingerprint density at radius 1 is 0.354 bits per heavy atom. The molecule has 5 heteroatoms. The Hall–Kier alpha value is -1.39. The van der Waals surface area contributed by atoms with Crippen LogP contribution in [-0.2, 0) is 23.9 Å². The molecule has 0 fully saturated rings. The van der Waals surface area contributed by atoms with Gasteiger partial charge in [0, 0.05) is 25.7 Å². The minimum absolute atomic E-state index is 0.0411. The molecule has 5 nitrogen and oxygen atoms in total. The largest absolute Gasteiger partial charge is 0.466 e. The summed E-state index contributed by atoms with van der Waals surface area (Å²) < 4.78 is 11.1. The van der Waals surface area contributed by atoms with Gasteiger partial charge < -0.3 is 9.47 Å². The fourth-order valence-corrected chi connectivity index (χ4v) is 6.79. The second-order valence-electron chi connectivity index (χ2n) is 14.8. The molecule has 0 aromatic rings. The molecule has 0 radical (unpaired) electrons. The van der Waals surface area contributed by atoms with Crippen LogP contribution in [0.5, 0.6) is 0 Å². The molecule has 0 rings (SSSR count). The maximum absolute atomic E-state index is 12.3. The maximum atomic E-state index is 12.3. The summed E-state index contributed by atoms with van der Waals surface area (Å²) in [6, 6.07) is 0. The normalized spacial score (nSPS) is 11.5. The maximum Gasteiger partial charge on any atom is 0.305 e. The number of esters is 2. The number of ketones is 1. The Morgan fingerprint density at radius 3 is 0.958 bits per heavy atom. The van der Waals surface area contributed by atoms with Crippen molar-refractivity contribution in [3.63, 3.8) is 0 Å². The van der Waals surface area contributed by atoms with Crippen LogP contribution in [0.4, 0.5) is 0 Å². The zero-order valence-electron chi connectivity index (χ0n) is 32.7. The number of carbonyl (C=O) groups excluding carboxylic acids is 3. The van der Waals surface area contributed by atoms with Gasteiger partial charge in [-0.05, 0) is 50.4 Å². The molecule has 0 amide bonds. The van der Waals surface area contributed by atoms with Gasteiger partial charge in [0.2, 0.25) is 0 Å². The quantitative estimate of drug-likeness (QED) is 0.0480. The summed E-state index contributed by atoms with van der Waals surface area (Å²) in [5, 5.41) is 0. The third-order valence-electron chi connectivity index (χ3n) is 10.1. The zero-order valence-corrected chi connectivity index (χ0v) is 32.7. The highest BCUT2D eigenvalue weighted by atomic mass is 16.5. The Bertz CT molecular complexity index is 642. The van der Waals surface area contributed by atoms with Gasteiger partial charge in [0.25, 0.3) is 0 Å². The van der Waals surface area contributed by atoms with E-state index in [0.717, 1.165) is 77.0 Å². The van der Waals surface area contributed by atoms with E-state index in [-0.39, 0.29) is 11.9 Å². The zero-order chi connectivity index (χ0) is 35.3. The molecule has 0 aliphatic heterocycles. The first-order chi connectivity index (χ1) is 23.5. The minimum Gasteiger partial charge on any atom is -0.466 e. The standard InChI is InChI=1S/C43H82O5/c1-5-9-19-27-39(28-20-10-6-2)35-37-47-42(45)33-25-17-13-15-23-31-41(44)32-24-16-14-18-26-34-43(46)48-38-36-40(29-21-11-7-3)30-22-12-8-4/h39-40H,5-38H2,1-4H3. The van der Waals surface area contributed by atoms with Crippen LogP contribution in [0.25, 0.3) is 0 Å². The first-order valence-electron chi connectivity index (χ1n) is 21.3. The highest BCUT2D eigenvalue weighted by molar-refractivity contribution is 5.78. The van der Waals surface area contributed by atoms with Crippen LogP contribution in [0.2, 0.25) is 0 Å². The van der Waals surface area contributed by atoms with Gasteiger partial charge in [-0.1, -0.05) is 169 Å². The second-order valence-corrected chi connectivity index (χ2v) is 14.8. The van der Waals surface area contributed by atoms with Crippen LogP contribution in [0, 0.1) is 11.8 Å². The fourth-order valence-electron chi connectivity index (χ4n) is 6.79. The molecule has 0 aromatic heterocycles. The molecule has 284 valence electrons. The van der Waals surface area contributed by atoms with Crippen molar-refractivity contribution in [3.8, 4) is 0 Å². The lowest BCUT2D eigenvalue weighted by molar-refractivity contribution is -0.145. The molecule has 0 saturated heterocycles. The molecule has 0 aliphatic carbocycles. The first-order valence-corrected chi connectivity index (χ1v) is 21.3. The predicted octanol–water partition coefficient (Wildman–Crippen LogP) is 13.4. The highest BCUT2D eigenvalue weighted by Crippen LogP contribution is 2.22. The number of rotatable bonds is 38. The highest BCUT2D eigenvalue weighted by Gasteiger charge is 2.12. The summed E-state index contributed by atoms with van der Waals surface area (Å²) in [5.41, 5.74) is 0. The Labute approximate surface area is 299 Å². The van der Waals surface area contributed by atoms with Gasteiger partial charge in [-0.2, -0.15) is 0 Å². The molecule has 48 heavy (non-hydrogen) atoms. The van der Waals surface area contributed by atoms with Crippen LogP contribution in [0.1, 0.15) is 233 Å². The van der Waals surface area contributed by atoms with E-state index in [4.69, 9.17) is 9.47 Å². The predicted molar refractivity (Wildman–Crippen MR) is 204 cm³/mol. The molecular formula is C43H82O5. The molecule has 0 spiro atoms. The number of carbonyl (C=O) groups is 3. The first kappa shape index (κ1) is 46.6. The van der Waals surface area contributed by atoms with Crippen molar-refractivity contribution in [1.82, 2.24) is 0 Å². The fraction of sp³-hybridized carbons (Fsp3) is 0.930. The number of unbranched alkanes of at least 4 members (excludes halogenated alkanes) is 16. The van der Waals surface area contributed by atoms with Crippen molar-refractivity contribution in [1.29, 1.82) is 0 Å². The van der Waals surface area contributed by atoms with Gasteiger partial charge in [-0.25, -0.2) is 0 Å². The van der Waals surface area contributed by atoms with E-state index in [1.807, 2.05) is 0 Å². The lowest BCUT2D eigenvalue weighted by Gasteiger charge is -2.16. The van der Waals surface area contributed by atoms with E-state index in [2.05, 4.69) is 27.7 Å². The molecule has 0 saturated carbocycles. The van der Waals surface area contributed by atoms with Crippen LogP contribution < -0.4 is 0 Å². The number of ether oxygens (including phenoxy) is 2. The second kappa shape index (κ2) is 36.9. The van der Waals surface area contributed by atoms with Crippen LogP contribution >= 0.6 is 0 Å². The van der Waals surface area contributed by atoms with Crippen molar-refractivity contribution >= 4 is 17.7 Å². The van der Waals surface area contributed by atoms with E-state index in [1.54, 1.807) is 0 Å². The minimum atomic E-state index is -0.0411. The lowest BCUT2D eigenvalue weighted by Crippen LogP contribution is -2.10. The van der Waals surface area contributed by atoms with E-state index in [1.165, 1.54) is 103 Å². The van der Waals surface area contributed by atoms with Gasteiger partial charge in [-0.3, -0.25) is 14.4 Å². The Kier molecular flexibility index (Phi) is 35.8. The SMILES string of the molecule is CCCCCC(CCCCC)CCOC(=O)CCCCCCCC(=O)CCCCCCCC(=O)OCCC(CCCCC)CCCCC. The third-order valence-corrected chi connectivity index (χ3v) is 10.1. The van der Waals surface area contributed by atoms with E-state index < -0.39 is 0 Å². The average Bonchev–Trinajstić information content (AvgIpc) is 3.07. The van der Waals surface area contributed by atoms with Gasteiger partial charge in [0.05, 0.1) is 13.2 Å². The summed E-state index contributed by atoms with van der Waals surface area (Å²) >= 11 is 0. The number of hydrogen-bond acceptors (Lipinski definition) is 5. The monoisotopic (exact) mass is 679 g/mol. The topological polar surface area (TPSA) is 69.7 Å². The van der Waals surface area contributed by atoms with Crippen molar-refractivity contribution in [3.05, 3.63) is 0 Å². The molecule has 0 unspecified atom stereocenters. The summed E-state index contributed by atoms with van der Waals surface area (Å²) in [4.78, 5) is 36.6. The Morgan fingerprint density at radius 2 is 0.646 bits per heavy atom. The van der Waals surface area contributed by atoms with Crippen LogP contribution in [0.15, 0.2) is 0 Å². The summed E-state index contributed by atoms with van der Waals surface area (Å²) in [7, 11) is 0. The Balaban J connectivity index is 3.70. The van der Waals surface area contributed by atoms with E-state index >= 15 is 0 Å². The average molecular weight is 679 g/mol. The van der Waals surface area contributed by atoms with Gasteiger partial charge >= 0.3 is 11.9 Å². The lowest BCUT2D eigenvalue weighted by atomic mass is 9.92. The number of Topliss-reactive ketones (excluding diaryl/α,β-unsaturated/α-hetero) is 1. The van der Waals surface area contributed by atoms with Gasteiger partial charge in [0.15, 0.2) is 0 Å². The summed E-state index contributed by atoms with van der Waals surface area (Å²) in [5.74, 6) is 1.71. The van der Waals surface area contributed by atoms with E-state index in [9.17, 15) is 14.4 Å². The molecule has 0 atom stereocenters. The summed E-state index contributed by atoms with van der Waals surface area (Å²) in [6.07, 6.45) is 35.0. The third kappa shape index (κ3) is 33.1. The molecule has 0 heterocycles. The number of hydrogen-bond donors (Lipinski definition) is 0. The molecule has 0 aliphatic rings. The van der Waals surface area contributed by atoms with E-state index in [0.29, 0.717) is 56.5 Å². The van der Waals surface area contributed by atoms with Crippen LogP contribution in [-0.4, -0.2) is 30.9 Å². The van der Waals surface area contributed by atoms with Crippen molar-refractivity contribution < 1.29 is 23.9 Å². The molecule has 0 aromatic carbocycles. The van der Waals surface area contributed by atoms with Gasteiger partial charge in [-0.15, -0.1) is 0 Å². The van der Waals surface area contributed by atoms with Crippen molar-refractivity contribution in [2.45, 2.75) is 233 Å². The summed E-state index contributed by atoms with van der Waals surface area (Å²) in [6.45, 7) is 10.2. The molecular weight excluding hydrogens is 596 g/mol. The van der Waals surface area contributed by atoms with Crippen molar-refractivity contribution in [2.24, 2.45) is 11.8 Å². The van der Waals surface area contributed by atoms with Gasteiger partial charge in [0.1, 0.15) is 5.78 Å². The smallest absolute Gasteiger partial charge is 0.305 e. The van der Waals surface area contributed by atoms with Crippen molar-refractivity contribution in [2.75, 3.05) is 13.2 Å².